The molecule has 0 N–H and O–H groups in total. The summed E-state index contributed by atoms with van der Waals surface area (Å²) in [5, 5.41) is 0. The molecule has 0 saturated heterocycles. The van der Waals surface area contributed by atoms with E-state index in [1.54, 1.807) is 30.3 Å². The number of nitrogens with zero attached hydrogens (tertiary/aromatic N) is 2. The number of carbonyl (C=O) groups excluding carboxylic acids is 1. The molecular weight excluding hydrogens is 460 g/mol. The van der Waals surface area contributed by atoms with E-state index in [0.29, 0.717) is 11.3 Å². The third-order valence-electron chi connectivity index (χ3n) is 4.02. The van der Waals surface area contributed by atoms with Crippen molar-refractivity contribution in [1.82, 2.24) is 4.57 Å². The fourth-order valence-electron chi connectivity index (χ4n) is 2.70. The maximum Gasteiger partial charge on any atom is 0.248 e. The lowest BCUT2D eigenvalue weighted by atomic mass is 10.3. The first-order valence-corrected chi connectivity index (χ1v) is 11.7. The normalized spacial score (nSPS) is 12.2. The Morgan fingerprint density at radius 2 is 1.96 bits per heavy atom. The number of fused-ring (bicyclic) bond motifs is 1. The van der Waals surface area contributed by atoms with Crippen LogP contribution in [0.5, 0.6) is 0 Å². The molecule has 1 aromatic heterocycles. The van der Waals surface area contributed by atoms with Crippen molar-refractivity contribution in [3.63, 3.8) is 0 Å². The van der Waals surface area contributed by atoms with Crippen molar-refractivity contribution in [2.75, 3.05) is 5.75 Å². The van der Waals surface area contributed by atoms with Crippen LogP contribution in [0.15, 0.2) is 62.9 Å². The number of carbonyl (C=O) groups is 1. The van der Waals surface area contributed by atoms with Gasteiger partial charge in [-0.25, -0.2) is 8.42 Å². The molecule has 3 aromatic rings. The molecule has 2 aromatic carbocycles. The predicted octanol–water partition coefficient (Wildman–Crippen LogP) is 3.78. The first-order valence-electron chi connectivity index (χ1n) is 8.48. The minimum Gasteiger partial charge on any atom is -0.305 e. The van der Waals surface area contributed by atoms with Gasteiger partial charge in [0.2, 0.25) is 5.91 Å². The van der Waals surface area contributed by atoms with Crippen molar-refractivity contribution in [1.29, 1.82) is 0 Å². The molecule has 144 valence electrons. The number of benzene rings is 2. The molecule has 0 aliphatic carbocycles. The molecule has 0 aliphatic heterocycles. The quantitative estimate of drug-likeness (QED) is 0.508. The Hall–Kier alpha value is -2.21. The predicted molar refractivity (Wildman–Crippen MR) is 115 cm³/mol. The lowest BCUT2D eigenvalue weighted by Gasteiger charge is -2.03. The molecule has 0 aliphatic rings. The molecule has 28 heavy (non-hydrogen) atoms. The first-order chi connectivity index (χ1) is 13.4. The van der Waals surface area contributed by atoms with E-state index in [0.717, 1.165) is 14.7 Å². The maximum atomic E-state index is 12.3. The smallest absolute Gasteiger partial charge is 0.248 e. The van der Waals surface area contributed by atoms with Gasteiger partial charge >= 0.3 is 0 Å². The largest absolute Gasteiger partial charge is 0.305 e. The summed E-state index contributed by atoms with van der Waals surface area (Å²) < 4.78 is 28.3. The van der Waals surface area contributed by atoms with E-state index in [1.165, 1.54) is 11.3 Å². The number of sulfone groups is 1. The number of thiazole rings is 1. The van der Waals surface area contributed by atoms with Gasteiger partial charge in [-0.2, -0.15) is 4.99 Å². The Kier molecular flexibility index (Phi) is 6.50. The molecule has 1 heterocycles. The topological polar surface area (TPSA) is 68.5 Å². The minimum absolute atomic E-state index is 0.0556. The number of halogens is 1. The van der Waals surface area contributed by atoms with Crippen molar-refractivity contribution in [3.8, 4) is 12.3 Å². The summed E-state index contributed by atoms with van der Waals surface area (Å²) in [6, 6.07) is 14.0. The van der Waals surface area contributed by atoms with Crippen LogP contribution >= 0.6 is 27.3 Å². The van der Waals surface area contributed by atoms with Gasteiger partial charge in [0.1, 0.15) is 0 Å². The second-order valence-electron chi connectivity index (χ2n) is 6.03. The third kappa shape index (κ3) is 4.79. The zero-order valence-electron chi connectivity index (χ0n) is 14.8. The highest BCUT2D eigenvalue weighted by molar-refractivity contribution is 9.10. The van der Waals surface area contributed by atoms with E-state index in [-0.39, 0.29) is 29.4 Å². The Morgan fingerprint density at radius 1 is 1.21 bits per heavy atom. The molecule has 0 atom stereocenters. The molecule has 0 radical (unpaired) electrons. The van der Waals surface area contributed by atoms with Gasteiger partial charge in [0.15, 0.2) is 14.6 Å². The average Bonchev–Trinajstić information content (AvgIpc) is 2.99. The third-order valence-corrected chi connectivity index (χ3v) is 7.37. The van der Waals surface area contributed by atoms with E-state index < -0.39 is 9.84 Å². The van der Waals surface area contributed by atoms with Gasteiger partial charge in [0, 0.05) is 10.9 Å². The molecule has 0 fully saturated rings. The molecule has 0 unspecified atom stereocenters. The monoisotopic (exact) mass is 476 g/mol. The van der Waals surface area contributed by atoms with Gasteiger partial charge in [-0.05, 0) is 36.8 Å². The molecule has 8 heteroatoms. The van der Waals surface area contributed by atoms with Crippen LogP contribution in [0.4, 0.5) is 0 Å². The van der Waals surface area contributed by atoms with Crippen LogP contribution in [0.1, 0.15) is 12.8 Å². The van der Waals surface area contributed by atoms with Crippen LogP contribution < -0.4 is 4.80 Å². The second kappa shape index (κ2) is 8.86. The fourth-order valence-corrected chi connectivity index (χ4v) is 5.63. The van der Waals surface area contributed by atoms with Gasteiger partial charge in [-0.3, -0.25) is 4.79 Å². The Balaban J connectivity index is 1.76. The highest BCUT2D eigenvalue weighted by Crippen LogP contribution is 2.22. The zero-order chi connectivity index (χ0) is 20.1. The molecule has 3 rings (SSSR count). The molecule has 0 bridgehead atoms. The Labute approximate surface area is 175 Å². The summed E-state index contributed by atoms with van der Waals surface area (Å²) in [5.41, 5.74) is 0.907. The van der Waals surface area contributed by atoms with Crippen molar-refractivity contribution < 1.29 is 13.2 Å². The lowest BCUT2D eigenvalue weighted by molar-refractivity contribution is -0.118. The minimum atomic E-state index is -3.40. The van der Waals surface area contributed by atoms with Crippen LogP contribution in [0.25, 0.3) is 10.2 Å². The number of terminal acetylenes is 1. The van der Waals surface area contributed by atoms with Gasteiger partial charge in [-0.1, -0.05) is 51.4 Å². The Bertz CT molecular complexity index is 1220. The maximum absolute atomic E-state index is 12.3. The summed E-state index contributed by atoms with van der Waals surface area (Å²) in [6.45, 7) is 0.302. The number of aromatic nitrogens is 1. The standard InChI is InChI=1S/C20H17BrN2O3S2/c1-2-12-23-17-11-10-15(21)14-18(17)27-20(23)22-19(24)9-6-13-28(25,26)16-7-4-3-5-8-16/h1,3-5,7-8,10-11,14H,6,9,12-13H2. The van der Waals surface area contributed by atoms with E-state index in [2.05, 4.69) is 26.8 Å². The highest BCUT2D eigenvalue weighted by Gasteiger charge is 2.14. The van der Waals surface area contributed by atoms with Gasteiger partial charge < -0.3 is 4.57 Å². The van der Waals surface area contributed by atoms with Crippen molar-refractivity contribution >= 4 is 53.2 Å². The average molecular weight is 477 g/mol. The van der Waals surface area contributed by atoms with Gasteiger partial charge in [0.25, 0.3) is 0 Å². The van der Waals surface area contributed by atoms with Crippen molar-refractivity contribution in [2.24, 2.45) is 4.99 Å². The van der Waals surface area contributed by atoms with Crippen LogP contribution in [-0.2, 0) is 21.2 Å². The summed E-state index contributed by atoms with van der Waals surface area (Å²) in [7, 11) is -3.40. The summed E-state index contributed by atoms with van der Waals surface area (Å²) >= 11 is 4.80. The summed E-state index contributed by atoms with van der Waals surface area (Å²) in [5.74, 6) is 2.12. The van der Waals surface area contributed by atoms with Crippen LogP contribution in [0.3, 0.4) is 0 Å². The number of amides is 1. The van der Waals surface area contributed by atoms with Gasteiger partial charge in [-0.15, -0.1) is 6.42 Å². The molecule has 5 nitrogen and oxygen atoms in total. The van der Waals surface area contributed by atoms with E-state index in [4.69, 9.17) is 6.42 Å². The Morgan fingerprint density at radius 3 is 2.68 bits per heavy atom. The lowest BCUT2D eigenvalue weighted by Crippen LogP contribution is -2.16. The SMILES string of the molecule is C#CCn1c(=NC(=O)CCCS(=O)(=O)c2ccccc2)sc2cc(Br)ccc21. The second-order valence-corrected chi connectivity index (χ2v) is 10.1. The van der Waals surface area contributed by atoms with E-state index >= 15 is 0 Å². The van der Waals surface area contributed by atoms with E-state index in [9.17, 15) is 13.2 Å². The van der Waals surface area contributed by atoms with Gasteiger partial charge in [0.05, 0.1) is 27.4 Å². The molecule has 1 amide bonds. The zero-order valence-corrected chi connectivity index (χ0v) is 18.1. The number of hydrogen-bond donors (Lipinski definition) is 0. The molecule has 0 spiro atoms. The summed E-state index contributed by atoms with van der Waals surface area (Å²) in [6.07, 6.45) is 5.72. The van der Waals surface area contributed by atoms with Crippen LogP contribution in [0, 0.1) is 12.3 Å². The van der Waals surface area contributed by atoms with Crippen molar-refractivity contribution in [3.05, 3.63) is 57.8 Å². The molecular formula is C20H17BrN2O3S2. The molecule has 0 saturated carbocycles. The number of rotatable bonds is 6. The van der Waals surface area contributed by atoms with Crippen LogP contribution in [0.2, 0.25) is 0 Å². The fraction of sp³-hybridized carbons (Fsp3) is 0.200. The number of hydrogen-bond acceptors (Lipinski definition) is 4. The highest BCUT2D eigenvalue weighted by atomic mass is 79.9. The summed E-state index contributed by atoms with van der Waals surface area (Å²) in [4.78, 5) is 17.3. The van der Waals surface area contributed by atoms with Crippen molar-refractivity contribution in [2.45, 2.75) is 24.3 Å². The van der Waals surface area contributed by atoms with Crippen LogP contribution in [-0.4, -0.2) is 24.6 Å². The first kappa shape index (κ1) is 20.5. The van der Waals surface area contributed by atoms with E-state index in [1.807, 2.05) is 22.8 Å².